The second kappa shape index (κ2) is 7.21. The van der Waals surface area contributed by atoms with Gasteiger partial charge in [-0.05, 0) is 30.5 Å². The molecule has 0 spiro atoms. The Morgan fingerprint density at radius 3 is 2.15 bits per heavy atom. The first-order valence-electron chi connectivity index (χ1n) is 7.81. The van der Waals surface area contributed by atoms with Crippen LogP contribution in [-0.4, -0.2) is 49.6 Å². The average molecular weight is 275 g/mol. The summed E-state index contributed by atoms with van der Waals surface area (Å²) in [5.41, 5.74) is 8.83. The van der Waals surface area contributed by atoms with Crippen LogP contribution in [0, 0.1) is 5.92 Å². The number of nitrogens with zero attached hydrogens (tertiary/aromatic N) is 2. The zero-order chi connectivity index (χ0) is 14.5. The molecule has 1 fully saturated rings. The van der Waals surface area contributed by atoms with Crippen LogP contribution in [0.2, 0.25) is 0 Å². The SMILES string of the molecule is CC(C)Cc1ccc(C(CN)N2CCN(C)CC2)cc1. The van der Waals surface area contributed by atoms with Crippen LogP contribution < -0.4 is 5.73 Å². The van der Waals surface area contributed by atoms with Crippen molar-refractivity contribution in [2.45, 2.75) is 26.3 Å². The summed E-state index contributed by atoms with van der Waals surface area (Å²) in [7, 11) is 2.19. The van der Waals surface area contributed by atoms with Crippen molar-refractivity contribution in [1.82, 2.24) is 9.80 Å². The molecular weight excluding hydrogens is 246 g/mol. The van der Waals surface area contributed by atoms with Crippen molar-refractivity contribution in [3.8, 4) is 0 Å². The standard InChI is InChI=1S/C17H29N3/c1-14(2)12-15-4-6-16(7-5-15)17(13-18)20-10-8-19(3)9-11-20/h4-7,14,17H,8-13,18H2,1-3H3. The Morgan fingerprint density at radius 1 is 1.05 bits per heavy atom. The van der Waals surface area contributed by atoms with Crippen LogP contribution in [-0.2, 0) is 6.42 Å². The molecular formula is C17H29N3. The van der Waals surface area contributed by atoms with Crippen molar-refractivity contribution in [2.75, 3.05) is 39.8 Å². The summed E-state index contributed by atoms with van der Waals surface area (Å²) in [5, 5.41) is 0. The zero-order valence-corrected chi connectivity index (χ0v) is 13.2. The van der Waals surface area contributed by atoms with E-state index in [2.05, 4.69) is 55.0 Å². The van der Waals surface area contributed by atoms with Gasteiger partial charge >= 0.3 is 0 Å². The third kappa shape index (κ3) is 4.05. The van der Waals surface area contributed by atoms with Gasteiger partial charge in [0.05, 0.1) is 0 Å². The van der Waals surface area contributed by atoms with Crippen LogP contribution >= 0.6 is 0 Å². The van der Waals surface area contributed by atoms with E-state index in [-0.39, 0.29) is 0 Å². The molecule has 3 heteroatoms. The molecule has 0 saturated carbocycles. The average Bonchev–Trinajstić information content (AvgIpc) is 2.43. The highest BCUT2D eigenvalue weighted by Gasteiger charge is 2.22. The highest BCUT2D eigenvalue weighted by atomic mass is 15.3. The van der Waals surface area contributed by atoms with Crippen LogP contribution in [0.1, 0.15) is 31.0 Å². The minimum absolute atomic E-state index is 0.372. The molecule has 0 radical (unpaired) electrons. The van der Waals surface area contributed by atoms with Gasteiger partial charge in [-0.15, -0.1) is 0 Å². The van der Waals surface area contributed by atoms with Crippen molar-refractivity contribution in [2.24, 2.45) is 11.7 Å². The number of nitrogens with two attached hydrogens (primary N) is 1. The Balaban J connectivity index is 2.03. The zero-order valence-electron chi connectivity index (χ0n) is 13.2. The summed E-state index contributed by atoms with van der Waals surface area (Å²) < 4.78 is 0. The van der Waals surface area contributed by atoms with Gasteiger partial charge in [-0.1, -0.05) is 38.1 Å². The van der Waals surface area contributed by atoms with Gasteiger partial charge in [-0.25, -0.2) is 0 Å². The molecule has 20 heavy (non-hydrogen) atoms. The van der Waals surface area contributed by atoms with Crippen molar-refractivity contribution in [3.05, 3.63) is 35.4 Å². The molecule has 3 nitrogen and oxygen atoms in total. The first-order chi connectivity index (χ1) is 9.60. The molecule has 1 saturated heterocycles. The third-order valence-corrected chi connectivity index (χ3v) is 4.21. The van der Waals surface area contributed by atoms with E-state index in [9.17, 15) is 0 Å². The van der Waals surface area contributed by atoms with Gasteiger partial charge in [0.15, 0.2) is 0 Å². The lowest BCUT2D eigenvalue weighted by atomic mass is 9.98. The van der Waals surface area contributed by atoms with E-state index in [1.807, 2.05) is 0 Å². The topological polar surface area (TPSA) is 32.5 Å². The summed E-state index contributed by atoms with van der Waals surface area (Å²) in [6, 6.07) is 9.46. The van der Waals surface area contributed by atoms with Gasteiger partial charge < -0.3 is 10.6 Å². The van der Waals surface area contributed by atoms with E-state index in [4.69, 9.17) is 5.73 Å². The predicted octanol–water partition coefficient (Wildman–Crippen LogP) is 2.13. The third-order valence-electron chi connectivity index (χ3n) is 4.21. The summed E-state index contributed by atoms with van der Waals surface area (Å²) in [5.74, 6) is 0.712. The van der Waals surface area contributed by atoms with E-state index in [0.29, 0.717) is 18.5 Å². The minimum Gasteiger partial charge on any atom is -0.329 e. The molecule has 1 aliphatic rings. The molecule has 2 rings (SSSR count). The van der Waals surface area contributed by atoms with E-state index < -0.39 is 0 Å². The Labute approximate surface area is 123 Å². The van der Waals surface area contributed by atoms with Crippen molar-refractivity contribution < 1.29 is 0 Å². The lowest BCUT2D eigenvalue weighted by Gasteiger charge is -2.37. The fourth-order valence-corrected chi connectivity index (χ4v) is 2.98. The fourth-order valence-electron chi connectivity index (χ4n) is 2.98. The van der Waals surface area contributed by atoms with Crippen LogP contribution in [0.5, 0.6) is 0 Å². The molecule has 0 aliphatic carbocycles. The maximum atomic E-state index is 6.03. The summed E-state index contributed by atoms with van der Waals surface area (Å²) in [6.07, 6.45) is 1.15. The van der Waals surface area contributed by atoms with Crippen LogP contribution in [0.3, 0.4) is 0 Å². The number of benzene rings is 1. The second-order valence-corrected chi connectivity index (χ2v) is 6.43. The number of hydrogen-bond acceptors (Lipinski definition) is 3. The molecule has 1 aromatic carbocycles. The molecule has 112 valence electrons. The highest BCUT2D eigenvalue weighted by molar-refractivity contribution is 5.26. The first kappa shape index (κ1) is 15.5. The smallest absolute Gasteiger partial charge is 0.0471 e. The van der Waals surface area contributed by atoms with Gasteiger partial charge in [0.1, 0.15) is 0 Å². The maximum absolute atomic E-state index is 6.03. The molecule has 1 atom stereocenters. The number of rotatable bonds is 5. The van der Waals surface area contributed by atoms with Gasteiger partial charge in [-0.2, -0.15) is 0 Å². The molecule has 1 unspecified atom stereocenters. The molecule has 0 bridgehead atoms. The monoisotopic (exact) mass is 275 g/mol. The van der Waals surface area contributed by atoms with Gasteiger partial charge in [0.2, 0.25) is 0 Å². The van der Waals surface area contributed by atoms with E-state index in [0.717, 1.165) is 32.6 Å². The molecule has 1 aliphatic heterocycles. The number of piperazine rings is 1. The van der Waals surface area contributed by atoms with Crippen LogP contribution in [0.25, 0.3) is 0 Å². The normalized spacial score (nSPS) is 19.4. The van der Waals surface area contributed by atoms with Gasteiger partial charge in [0, 0.05) is 38.8 Å². The maximum Gasteiger partial charge on any atom is 0.0471 e. The van der Waals surface area contributed by atoms with Crippen molar-refractivity contribution >= 4 is 0 Å². The molecule has 0 aromatic heterocycles. The van der Waals surface area contributed by atoms with E-state index in [1.54, 1.807) is 0 Å². The Hall–Kier alpha value is -0.900. The Morgan fingerprint density at radius 2 is 1.65 bits per heavy atom. The highest BCUT2D eigenvalue weighted by Crippen LogP contribution is 2.22. The minimum atomic E-state index is 0.372. The Bertz CT molecular complexity index is 391. The summed E-state index contributed by atoms with van der Waals surface area (Å²) in [6.45, 7) is 9.75. The van der Waals surface area contributed by atoms with Crippen molar-refractivity contribution in [1.29, 1.82) is 0 Å². The van der Waals surface area contributed by atoms with Gasteiger partial charge in [-0.3, -0.25) is 4.90 Å². The summed E-state index contributed by atoms with van der Waals surface area (Å²) >= 11 is 0. The molecule has 2 N–H and O–H groups in total. The lowest BCUT2D eigenvalue weighted by Crippen LogP contribution is -2.47. The van der Waals surface area contributed by atoms with Gasteiger partial charge in [0.25, 0.3) is 0 Å². The van der Waals surface area contributed by atoms with Crippen molar-refractivity contribution in [3.63, 3.8) is 0 Å². The number of likely N-dealkylation sites (N-methyl/N-ethyl adjacent to an activating group) is 1. The largest absolute Gasteiger partial charge is 0.329 e. The molecule has 0 amide bonds. The fraction of sp³-hybridized carbons (Fsp3) is 0.647. The number of hydrogen-bond donors (Lipinski definition) is 1. The molecule has 1 aromatic rings. The van der Waals surface area contributed by atoms with E-state index in [1.165, 1.54) is 11.1 Å². The quantitative estimate of drug-likeness (QED) is 0.893. The second-order valence-electron chi connectivity index (χ2n) is 6.43. The predicted molar refractivity (Wildman–Crippen MR) is 85.8 cm³/mol. The lowest BCUT2D eigenvalue weighted by molar-refractivity contribution is 0.114. The van der Waals surface area contributed by atoms with E-state index >= 15 is 0 Å². The Kier molecular flexibility index (Phi) is 5.58. The molecule has 1 heterocycles. The van der Waals surface area contributed by atoms with Crippen LogP contribution in [0.15, 0.2) is 24.3 Å². The van der Waals surface area contributed by atoms with Crippen LogP contribution in [0.4, 0.5) is 0 Å². The summed E-state index contributed by atoms with van der Waals surface area (Å²) in [4.78, 5) is 4.91. The first-order valence-corrected chi connectivity index (χ1v) is 7.81.